The third kappa shape index (κ3) is 5.30. The molecule has 2 fully saturated rings. The van der Waals surface area contributed by atoms with Crippen molar-refractivity contribution in [3.8, 4) is 0 Å². The molecular formula is C17H27Cl2FN2O. The Labute approximate surface area is 150 Å². The molecule has 1 N–H and O–H groups in total. The van der Waals surface area contributed by atoms with E-state index >= 15 is 0 Å². The first kappa shape index (κ1) is 20.7. The van der Waals surface area contributed by atoms with Crippen LogP contribution in [0.15, 0.2) is 24.3 Å². The van der Waals surface area contributed by atoms with Crippen molar-refractivity contribution in [1.29, 1.82) is 0 Å². The lowest BCUT2D eigenvalue weighted by Gasteiger charge is -2.38. The van der Waals surface area contributed by atoms with Gasteiger partial charge in [0.05, 0.1) is 12.2 Å². The van der Waals surface area contributed by atoms with E-state index < -0.39 is 0 Å². The number of halogens is 3. The van der Waals surface area contributed by atoms with Gasteiger partial charge >= 0.3 is 0 Å². The molecule has 2 saturated heterocycles. The molecule has 0 saturated carbocycles. The van der Waals surface area contributed by atoms with Gasteiger partial charge in [0, 0.05) is 6.54 Å². The second-order valence-electron chi connectivity index (χ2n) is 6.15. The molecule has 0 bridgehead atoms. The van der Waals surface area contributed by atoms with Gasteiger partial charge in [-0.3, -0.25) is 0 Å². The van der Waals surface area contributed by atoms with Gasteiger partial charge in [-0.1, -0.05) is 12.1 Å². The number of hydrogen-bond donors (Lipinski definition) is 1. The van der Waals surface area contributed by atoms with Gasteiger partial charge in [-0.25, -0.2) is 4.39 Å². The smallest absolute Gasteiger partial charge is 0.123 e. The predicted octanol–water partition coefficient (Wildman–Crippen LogP) is 3.36. The molecule has 0 atom stereocenters. The van der Waals surface area contributed by atoms with Crippen LogP contribution in [0.1, 0.15) is 31.2 Å². The molecule has 23 heavy (non-hydrogen) atoms. The number of nitrogens with one attached hydrogen (secondary N) is 1. The quantitative estimate of drug-likeness (QED) is 0.866. The number of likely N-dealkylation sites (tertiary alicyclic amines) is 1. The number of ether oxygens (including phenoxy) is 1. The number of piperidine rings is 1. The third-order valence-corrected chi connectivity index (χ3v) is 4.75. The van der Waals surface area contributed by atoms with Crippen molar-refractivity contribution in [2.24, 2.45) is 0 Å². The lowest BCUT2D eigenvalue weighted by atomic mass is 9.84. The Morgan fingerprint density at radius 1 is 1.13 bits per heavy atom. The van der Waals surface area contributed by atoms with Crippen LogP contribution in [-0.4, -0.2) is 44.2 Å². The van der Waals surface area contributed by atoms with Crippen LogP contribution in [-0.2, 0) is 10.3 Å². The molecule has 1 aromatic carbocycles. The molecule has 2 aliphatic heterocycles. The van der Waals surface area contributed by atoms with E-state index in [4.69, 9.17) is 4.74 Å². The van der Waals surface area contributed by atoms with Gasteiger partial charge in [0.15, 0.2) is 0 Å². The maximum atomic E-state index is 13.6. The molecule has 6 heteroatoms. The van der Waals surface area contributed by atoms with Gasteiger partial charge in [-0.2, -0.15) is 0 Å². The molecule has 2 aliphatic rings. The Morgan fingerprint density at radius 2 is 1.83 bits per heavy atom. The Balaban J connectivity index is 0.00000132. The number of benzene rings is 1. The fourth-order valence-electron chi connectivity index (χ4n) is 3.50. The first-order valence-electron chi connectivity index (χ1n) is 8.12. The highest BCUT2D eigenvalue weighted by Crippen LogP contribution is 2.35. The summed E-state index contributed by atoms with van der Waals surface area (Å²) in [6.07, 6.45) is 4.44. The highest BCUT2D eigenvalue weighted by Gasteiger charge is 2.35. The van der Waals surface area contributed by atoms with Crippen LogP contribution in [0, 0.1) is 5.82 Å². The van der Waals surface area contributed by atoms with Gasteiger partial charge in [0.1, 0.15) is 5.82 Å². The van der Waals surface area contributed by atoms with Crippen LogP contribution in [0.3, 0.4) is 0 Å². The summed E-state index contributed by atoms with van der Waals surface area (Å²) in [5.74, 6) is -0.173. The predicted molar refractivity (Wildman–Crippen MR) is 96.3 cm³/mol. The largest absolute Gasteiger partial charge is 0.369 e. The van der Waals surface area contributed by atoms with Gasteiger partial charge in [-0.15, -0.1) is 24.8 Å². The average Bonchev–Trinajstić information content (AvgIpc) is 3.02. The molecule has 0 aromatic heterocycles. The molecule has 0 spiro atoms. The van der Waals surface area contributed by atoms with Crippen molar-refractivity contribution >= 4 is 24.8 Å². The van der Waals surface area contributed by atoms with Crippen molar-refractivity contribution in [1.82, 2.24) is 10.2 Å². The summed E-state index contributed by atoms with van der Waals surface area (Å²) >= 11 is 0. The van der Waals surface area contributed by atoms with E-state index in [0.717, 1.165) is 44.6 Å². The van der Waals surface area contributed by atoms with E-state index in [1.807, 2.05) is 6.07 Å². The van der Waals surface area contributed by atoms with Crippen molar-refractivity contribution in [2.45, 2.75) is 31.3 Å². The highest BCUT2D eigenvalue weighted by molar-refractivity contribution is 5.85. The molecule has 0 amide bonds. The Hall–Kier alpha value is -0.390. The molecule has 3 rings (SSSR count). The second-order valence-corrected chi connectivity index (χ2v) is 6.15. The molecule has 132 valence electrons. The minimum atomic E-state index is -0.312. The zero-order chi connectivity index (χ0) is 14.5. The fraction of sp³-hybridized carbons (Fsp3) is 0.647. The van der Waals surface area contributed by atoms with Crippen LogP contribution >= 0.6 is 24.8 Å². The van der Waals surface area contributed by atoms with Crippen LogP contribution < -0.4 is 5.32 Å². The van der Waals surface area contributed by atoms with E-state index in [0.29, 0.717) is 0 Å². The zero-order valence-electron chi connectivity index (χ0n) is 13.4. The first-order chi connectivity index (χ1) is 10.3. The van der Waals surface area contributed by atoms with Crippen LogP contribution in [0.5, 0.6) is 0 Å². The van der Waals surface area contributed by atoms with Gasteiger partial charge in [-0.05, 0) is 69.6 Å². The summed E-state index contributed by atoms with van der Waals surface area (Å²) in [6, 6.07) is 6.94. The molecule has 2 heterocycles. The Kier molecular flexibility index (Phi) is 8.80. The maximum Gasteiger partial charge on any atom is 0.123 e. The van der Waals surface area contributed by atoms with Crippen LogP contribution in [0.25, 0.3) is 0 Å². The minimum Gasteiger partial charge on any atom is -0.369 e. The standard InChI is InChI=1S/C17H25FN2O.2ClH/c18-16-5-3-4-15(14-16)17(6-8-19-9-7-17)21-13-12-20-10-1-2-11-20;;/h3-5,14,19H,1-2,6-13H2;2*1H. The molecule has 0 aliphatic carbocycles. The van der Waals surface area contributed by atoms with Crippen molar-refractivity contribution in [3.05, 3.63) is 35.6 Å². The third-order valence-electron chi connectivity index (χ3n) is 4.75. The molecule has 0 radical (unpaired) electrons. The maximum absolute atomic E-state index is 13.6. The summed E-state index contributed by atoms with van der Waals surface area (Å²) < 4.78 is 19.9. The lowest BCUT2D eigenvalue weighted by molar-refractivity contribution is -0.0761. The van der Waals surface area contributed by atoms with Crippen LogP contribution in [0.4, 0.5) is 4.39 Å². The van der Waals surface area contributed by atoms with Gasteiger partial charge in [0.2, 0.25) is 0 Å². The molecule has 1 aromatic rings. The second kappa shape index (κ2) is 9.80. The number of nitrogens with zero attached hydrogens (tertiary/aromatic N) is 1. The van der Waals surface area contributed by atoms with E-state index in [1.165, 1.54) is 32.0 Å². The van der Waals surface area contributed by atoms with Crippen molar-refractivity contribution in [2.75, 3.05) is 39.3 Å². The first-order valence-corrected chi connectivity index (χ1v) is 8.12. The van der Waals surface area contributed by atoms with E-state index in [1.54, 1.807) is 12.1 Å². The fourth-order valence-corrected chi connectivity index (χ4v) is 3.50. The number of rotatable bonds is 5. The highest BCUT2D eigenvalue weighted by atomic mass is 35.5. The molecule has 3 nitrogen and oxygen atoms in total. The molecule has 0 unspecified atom stereocenters. The van der Waals surface area contributed by atoms with Crippen molar-refractivity contribution in [3.63, 3.8) is 0 Å². The monoisotopic (exact) mass is 364 g/mol. The van der Waals surface area contributed by atoms with Crippen molar-refractivity contribution < 1.29 is 9.13 Å². The normalized spacial score (nSPS) is 20.6. The lowest BCUT2D eigenvalue weighted by Crippen LogP contribution is -2.43. The zero-order valence-corrected chi connectivity index (χ0v) is 15.1. The van der Waals surface area contributed by atoms with Gasteiger partial charge in [0.25, 0.3) is 0 Å². The SMILES string of the molecule is Cl.Cl.Fc1cccc(C2(OCCN3CCCC3)CCNCC2)c1. The summed E-state index contributed by atoms with van der Waals surface area (Å²) in [6.45, 7) is 5.97. The van der Waals surface area contributed by atoms with E-state index in [-0.39, 0.29) is 36.2 Å². The Bertz CT molecular complexity index is 464. The minimum absolute atomic E-state index is 0. The van der Waals surface area contributed by atoms with E-state index in [9.17, 15) is 4.39 Å². The van der Waals surface area contributed by atoms with E-state index in [2.05, 4.69) is 10.2 Å². The topological polar surface area (TPSA) is 24.5 Å². The summed E-state index contributed by atoms with van der Waals surface area (Å²) in [7, 11) is 0. The number of hydrogen-bond acceptors (Lipinski definition) is 3. The Morgan fingerprint density at radius 3 is 2.48 bits per heavy atom. The molecular weight excluding hydrogens is 338 g/mol. The van der Waals surface area contributed by atoms with Crippen LogP contribution in [0.2, 0.25) is 0 Å². The summed E-state index contributed by atoms with van der Waals surface area (Å²) in [4.78, 5) is 2.46. The van der Waals surface area contributed by atoms with Gasteiger partial charge < -0.3 is 15.0 Å². The summed E-state index contributed by atoms with van der Waals surface area (Å²) in [5, 5.41) is 3.37. The summed E-state index contributed by atoms with van der Waals surface area (Å²) in [5.41, 5.74) is 0.679. The average molecular weight is 365 g/mol.